The van der Waals surface area contributed by atoms with E-state index in [1.807, 2.05) is 367 Å². The van der Waals surface area contributed by atoms with Crippen molar-refractivity contribution in [1.82, 2.24) is 0 Å². The van der Waals surface area contributed by atoms with Gasteiger partial charge in [0, 0.05) is 10.8 Å². The van der Waals surface area contributed by atoms with Crippen molar-refractivity contribution in [2.75, 3.05) is 0 Å². The minimum atomic E-state index is -0.488. The van der Waals surface area contributed by atoms with E-state index in [-0.39, 0.29) is 41.7 Å². The number of carbonyl (C=O) groups is 5. The molecule has 123 heavy (non-hydrogen) atoms. The van der Waals surface area contributed by atoms with Gasteiger partial charge < -0.3 is 23.7 Å². The molecule has 0 aromatic heterocycles. The normalized spacial score (nSPS) is 12.3. The number of rotatable bonds is 18. The highest BCUT2D eigenvalue weighted by Crippen LogP contribution is 2.46. The van der Waals surface area contributed by atoms with E-state index in [0.717, 1.165) is 92.2 Å². The maximum atomic E-state index is 12.5. The number of benzene rings is 13. The molecule has 10 heteroatoms. The van der Waals surface area contributed by atoms with Gasteiger partial charge in [0.05, 0.1) is 28.1 Å². The van der Waals surface area contributed by atoms with Crippen LogP contribution in [0.1, 0.15) is 248 Å². The zero-order chi connectivity index (χ0) is 91.8. The molecule has 4 atom stereocenters. The molecule has 13 aromatic rings. The van der Waals surface area contributed by atoms with Crippen molar-refractivity contribution in [2.45, 2.75) is 237 Å². The van der Waals surface area contributed by atoms with E-state index in [4.69, 9.17) is 23.7 Å². The average Bonchev–Trinajstić information content (AvgIpc) is 1.64. The summed E-state index contributed by atoms with van der Waals surface area (Å²) in [5.41, 5.74) is 7.29. The molecular weight excluding hydrogens is 1520 g/mol. The summed E-state index contributed by atoms with van der Waals surface area (Å²) >= 11 is 0. The second-order valence-corrected chi connectivity index (χ2v) is 30.5. The first-order chi connectivity index (χ1) is 59.3. The van der Waals surface area contributed by atoms with Crippen LogP contribution in [0.15, 0.2) is 285 Å². The van der Waals surface area contributed by atoms with Crippen LogP contribution in [0.3, 0.4) is 0 Å². The summed E-state index contributed by atoms with van der Waals surface area (Å²) in [6, 6.07) is 95.0. The average molecular weight is 1660 g/mol. The molecule has 0 fully saturated rings. The molecular formula is C113H144O10. The Kier molecular flexibility index (Phi) is 47.7. The van der Waals surface area contributed by atoms with Gasteiger partial charge in [-0.25, -0.2) is 0 Å². The van der Waals surface area contributed by atoms with Crippen LogP contribution in [0, 0.1) is 28.1 Å². The number of esters is 5. The van der Waals surface area contributed by atoms with Gasteiger partial charge in [-0.15, -0.1) is 0 Å². The zero-order valence-corrected chi connectivity index (χ0v) is 79.3. The number of carbonyl (C=O) groups excluding carboxylic acids is 5. The minimum Gasteiger partial charge on any atom is -0.460 e. The van der Waals surface area contributed by atoms with Crippen molar-refractivity contribution in [3.63, 3.8) is 0 Å². The second kappa shape index (κ2) is 55.5. The largest absolute Gasteiger partial charge is 0.460 e. The fraction of sp³-hybridized carbons (Fsp3) is 0.354. The monoisotopic (exact) mass is 1660 g/mol. The predicted molar refractivity (Wildman–Crippen MR) is 525 cm³/mol. The Labute approximate surface area is 739 Å². The summed E-state index contributed by atoms with van der Waals surface area (Å²) in [5, 5.41) is 11.6. The number of ether oxygens (including phenoxy) is 5. The van der Waals surface area contributed by atoms with E-state index >= 15 is 0 Å². The molecule has 1 aliphatic rings. The highest BCUT2D eigenvalue weighted by molar-refractivity contribution is 6.07. The van der Waals surface area contributed by atoms with Gasteiger partial charge >= 0.3 is 29.8 Å². The molecule has 0 spiro atoms. The Balaban J connectivity index is 0.000000373. The molecule has 0 N–H and O–H groups in total. The van der Waals surface area contributed by atoms with E-state index in [1.54, 1.807) is 0 Å². The molecule has 0 saturated carbocycles. The fourth-order valence-electron chi connectivity index (χ4n) is 12.1. The van der Waals surface area contributed by atoms with Crippen LogP contribution < -0.4 is 18.9 Å². The van der Waals surface area contributed by atoms with Gasteiger partial charge in [-0.3, -0.25) is 24.0 Å². The minimum absolute atomic E-state index is 0.0542. The second-order valence-electron chi connectivity index (χ2n) is 30.5. The smallest absolute Gasteiger partial charge is 0.316 e. The van der Waals surface area contributed by atoms with Gasteiger partial charge in [-0.2, -0.15) is 0 Å². The Bertz CT molecular complexity index is 5160. The SMILES string of the molecule is CC.CC.CC.CC.CC.CC.CC1c2cccc3cccc(c23)C1C.CCC(C)(C)C(=O)OCc1ccc2ccccc2c1.CCC(C)(C)C(=O)Oc1c2ccccc2cc2ccccc12.CCC(C)(C)C(=O)Oc1ccc(-c2ccccc2)cc1.CCC(C)C(=O)Oc1ccc(-c2ccccc2)cc1.CCC(C)C(=O)Oc1ccc2ccccc2c1. The molecule has 0 radical (unpaired) electrons. The quantitative estimate of drug-likeness (QED) is 0.0465. The topological polar surface area (TPSA) is 132 Å². The van der Waals surface area contributed by atoms with E-state index in [2.05, 4.69) is 105 Å². The molecule has 10 nitrogen and oxygen atoms in total. The lowest BCUT2D eigenvalue weighted by Crippen LogP contribution is -2.28. The summed E-state index contributed by atoms with van der Waals surface area (Å²) in [6.07, 6.45) is 3.87. The lowest BCUT2D eigenvalue weighted by Gasteiger charge is -2.21. The molecule has 656 valence electrons. The standard InChI is InChI=1S/C20H20O2.C18H20O2.C17H20O2.C17H18O2.C15H16O2.C14H14.6C2H6/c1-4-20(2,3)19(21)22-18-16-11-7-5-9-14(16)13-15-10-6-8-12-17(15)18;1-4-18(2,3)17(19)20-16-12-10-15(11-13-16)14-8-6-5-7-9-14;1-4-17(2,3)16(18)19-12-13-9-10-14-7-5-6-8-15(14)11-13;1-3-13(2)17(18)19-16-11-9-15(10-12-16)14-7-5-4-6-8-14;1-3-11(2)15(16)17-14-9-8-12-6-4-5-7-13(12)10-14;1-9-10(2)13-8-4-6-11-5-3-7-12(9)14(11)13;6*1-2/h5-13H,4H2,1-3H3;5-13H,4H2,1-3H3;5-11H,4,12H2,1-3H3;4-13H,3H2,1-2H3;4-11H,3H2,1-2H3;3-10H,1-2H3;6*1-2H3. The number of hydrogen-bond acceptors (Lipinski definition) is 10. The van der Waals surface area contributed by atoms with Crippen molar-refractivity contribution in [3.8, 4) is 45.3 Å². The van der Waals surface area contributed by atoms with Crippen molar-refractivity contribution in [1.29, 1.82) is 0 Å². The maximum absolute atomic E-state index is 12.5. The van der Waals surface area contributed by atoms with Crippen molar-refractivity contribution >= 4 is 83.7 Å². The summed E-state index contributed by atoms with van der Waals surface area (Å²) in [4.78, 5) is 59.8. The lowest BCUT2D eigenvalue weighted by molar-refractivity contribution is -0.155. The van der Waals surface area contributed by atoms with Crippen molar-refractivity contribution in [3.05, 3.63) is 302 Å². The first-order valence-electron chi connectivity index (χ1n) is 45.0. The third-order valence-electron chi connectivity index (χ3n) is 21.4. The van der Waals surface area contributed by atoms with Crippen LogP contribution in [0.5, 0.6) is 23.0 Å². The van der Waals surface area contributed by atoms with E-state index < -0.39 is 16.2 Å². The fourth-order valence-corrected chi connectivity index (χ4v) is 12.1. The van der Waals surface area contributed by atoms with Gasteiger partial charge in [-0.05, 0) is 216 Å². The molecule has 0 saturated heterocycles. The van der Waals surface area contributed by atoms with E-state index in [1.165, 1.54) is 32.7 Å². The van der Waals surface area contributed by atoms with E-state index in [0.29, 0.717) is 41.4 Å². The van der Waals surface area contributed by atoms with Crippen LogP contribution in [-0.2, 0) is 35.3 Å². The van der Waals surface area contributed by atoms with Gasteiger partial charge in [0.1, 0.15) is 29.6 Å². The molecule has 0 heterocycles. The van der Waals surface area contributed by atoms with Crippen LogP contribution in [0.25, 0.3) is 76.1 Å². The van der Waals surface area contributed by atoms with Crippen molar-refractivity contribution in [2.24, 2.45) is 28.1 Å². The first-order valence-corrected chi connectivity index (χ1v) is 45.0. The molecule has 13 aromatic carbocycles. The molecule has 14 rings (SSSR count). The summed E-state index contributed by atoms with van der Waals surface area (Å²) in [6.45, 7) is 54.2. The molecule has 0 amide bonds. The molecule has 1 aliphatic carbocycles. The van der Waals surface area contributed by atoms with Gasteiger partial charge in [0.15, 0.2) is 0 Å². The zero-order valence-electron chi connectivity index (χ0n) is 79.3. The molecule has 0 bridgehead atoms. The Morgan fingerprint density at radius 1 is 0.301 bits per heavy atom. The highest BCUT2D eigenvalue weighted by atomic mass is 16.6. The summed E-state index contributed by atoms with van der Waals surface area (Å²) in [5.74, 6) is 2.88. The third kappa shape index (κ3) is 31.7. The number of fused-ring (bicyclic) bond motifs is 4. The van der Waals surface area contributed by atoms with Crippen LogP contribution in [-0.4, -0.2) is 29.8 Å². The Morgan fingerprint density at radius 2 is 0.618 bits per heavy atom. The predicted octanol–water partition coefficient (Wildman–Crippen LogP) is 32.7. The molecule has 0 aliphatic heterocycles. The van der Waals surface area contributed by atoms with Crippen LogP contribution >= 0.6 is 0 Å². The van der Waals surface area contributed by atoms with Gasteiger partial charge in [-0.1, -0.05) is 382 Å². The third-order valence-corrected chi connectivity index (χ3v) is 21.4. The molecule has 4 unspecified atom stereocenters. The van der Waals surface area contributed by atoms with Gasteiger partial charge in [0.2, 0.25) is 0 Å². The highest BCUT2D eigenvalue weighted by Gasteiger charge is 2.31. The summed E-state index contributed by atoms with van der Waals surface area (Å²) in [7, 11) is 0. The van der Waals surface area contributed by atoms with Crippen LogP contribution in [0.2, 0.25) is 0 Å². The van der Waals surface area contributed by atoms with E-state index in [9.17, 15) is 24.0 Å². The number of hydrogen-bond donors (Lipinski definition) is 0. The Morgan fingerprint density at radius 3 is 1.02 bits per heavy atom. The van der Waals surface area contributed by atoms with Gasteiger partial charge in [0.25, 0.3) is 0 Å². The lowest BCUT2D eigenvalue weighted by atomic mass is 9.90. The maximum Gasteiger partial charge on any atom is 0.316 e. The first kappa shape index (κ1) is 106. The summed E-state index contributed by atoms with van der Waals surface area (Å²) < 4.78 is 27.3. The van der Waals surface area contributed by atoms with Crippen molar-refractivity contribution < 1.29 is 47.7 Å². The Hall–Kier alpha value is -11.5. The van der Waals surface area contributed by atoms with Crippen LogP contribution in [0.4, 0.5) is 0 Å².